The quantitative estimate of drug-likeness (QED) is 0.0852. The Kier molecular flexibility index (Phi) is 17.1. The maximum absolute atomic E-state index is 15.2. The summed E-state index contributed by atoms with van der Waals surface area (Å²) >= 11 is 0. The fourth-order valence-corrected chi connectivity index (χ4v) is 9.79. The zero-order valence-electron chi connectivity index (χ0n) is 37.9. The Labute approximate surface area is 375 Å². The van der Waals surface area contributed by atoms with Crippen LogP contribution in [0.3, 0.4) is 0 Å². The predicted octanol–water partition coefficient (Wildman–Crippen LogP) is 3.04. The van der Waals surface area contributed by atoms with Gasteiger partial charge < -0.3 is 49.2 Å². The van der Waals surface area contributed by atoms with Crippen LogP contribution in [0.4, 0.5) is 0 Å². The lowest BCUT2D eigenvalue weighted by atomic mass is 9.79. The van der Waals surface area contributed by atoms with Gasteiger partial charge in [0.1, 0.15) is 36.5 Å². The van der Waals surface area contributed by atoms with E-state index in [9.17, 15) is 39.6 Å². The highest BCUT2D eigenvalue weighted by Crippen LogP contribution is 2.42. The van der Waals surface area contributed by atoms with Crippen LogP contribution in [0, 0.1) is 35.5 Å². The maximum Gasteiger partial charge on any atom is 0.336 e. The minimum Gasteiger partial charge on any atom is -0.458 e. The molecule has 10 atom stereocenters. The van der Waals surface area contributed by atoms with Gasteiger partial charge in [-0.1, -0.05) is 64.2 Å². The second-order valence-corrected chi connectivity index (χ2v) is 18.5. The number of allylic oxidation sites excluding steroid dienone is 2. The first-order chi connectivity index (χ1) is 30.3. The van der Waals surface area contributed by atoms with Crippen molar-refractivity contribution in [1.82, 2.24) is 9.80 Å². The second kappa shape index (κ2) is 21.9. The highest BCUT2D eigenvalue weighted by Gasteiger charge is 2.57. The lowest BCUT2D eigenvalue weighted by molar-refractivity contribution is -0.170. The van der Waals surface area contributed by atoms with E-state index in [1.807, 2.05) is 26.0 Å². The number of aliphatic hydroxyl groups is 4. The number of rotatable bonds is 14. The molecular formula is C48H66N2O14. The van der Waals surface area contributed by atoms with E-state index in [0.717, 1.165) is 11.1 Å². The van der Waals surface area contributed by atoms with Crippen LogP contribution in [0.15, 0.2) is 70.9 Å². The fraction of sp³-hybridized carbons (Fsp3) is 0.625. The zero-order chi connectivity index (χ0) is 47.2. The molecule has 16 nitrogen and oxygen atoms in total. The van der Waals surface area contributed by atoms with Crippen molar-refractivity contribution in [3.8, 4) is 0 Å². The van der Waals surface area contributed by atoms with Gasteiger partial charge in [-0.05, 0) is 74.7 Å². The van der Waals surface area contributed by atoms with Gasteiger partial charge in [0.05, 0.1) is 61.2 Å². The molecule has 0 spiro atoms. The number of piperazine rings is 1. The number of carbonyl (C=O) groups excluding carboxylic acids is 6. The molecule has 0 aromatic rings. The number of hydrogen-bond donors (Lipinski definition) is 4. The van der Waals surface area contributed by atoms with E-state index in [4.69, 9.17) is 18.9 Å². The summed E-state index contributed by atoms with van der Waals surface area (Å²) in [4.78, 5) is 87.7. The fourth-order valence-electron chi connectivity index (χ4n) is 9.79. The molecule has 16 heteroatoms. The second-order valence-electron chi connectivity index (χ2n) is 18.5. The number of esters is 4. The molecule has 0 saturated carbocycles. The van der Waals surface area contributed by atoms with Crippen LogP contribution < -0.4 is 0 Å². The van der Waals surface area contributed by atoms with Crippen molar-refractivity contribution in [2.45, 2.75) is 117 Å². The Bertz CT molecular complexity index is 1820. The number of nitrogens with zero attached hydrogens (tertiary/aromatic N) is 2. The zero-order valence-corrected chi connectivity index (χ0v) is 37.9. The summed E-state index contributed by atoms with van der Waals surface area (Å²) in [5.41, 5.74) is 2.50. The molecule has 64 heavy (non-hydrogen) atoms. The largest absolute Gasteiger partial charge is 0.458 e. The van der Waals surface area contributed by atoms with E-state index in [-0.39, 0.29) is 50.3 Å². The van der Waals surface area contributed by atoms with Gasteiger partial charge >= 0.3 is 23.9 Å². The molecule has 5 aliphatic rings. The molecule has 352 valence electrons. The standard InChI is InChI=1S/C48H66N2O14/c1-25(2)41-43(55)50(20-34-40-36(62-46(58)30(8)22-52)16-28(6)12-10-14-32(24-54)18-38(40)64-48(34)60)42(26(3)4)44(56)49(41)19-33-39-35(61-45(57)29(7)21-51)15-27(5)11-9-13-31(23-53)17-37(39)63-47(33)59/h11-12,17-18,25-26,33-42,51-54H,7-10,13-16,19-24H2,1-6H3/b27-11+,28-12+,31-17-,32-18-/t33-,34-,35-,36-,37+,38+,39+,40+,41-,42-/m0/s1. The van der Waals surface area contributed by atoms with Crippen molar-refractivity contribution in [3.63, 3.8) is 0 Å². The van der Waals surface area contributed by atoms with Gasteiger partial charge in [-0.2, -0.15) is 0 Å². The summed E-state index contributed by atoms with van der Waals surface area (Å²) in [5.74, 6) is -9.05. The summed E-state index contributed by atoms with van der Waals surface area (Å²) in [5, 5.41) is 39.9. The maximum atomic E-state index is 15.2. The monoisotopic (exact) mass is 894 g/mol. The van der Waals surface area contributed by atoms with Crippen LogP contribution in [0.25, 0.3) is 0 Å². The van der Waals surface area contributed by atoms with E-state index in [2.05, 4.69) is 13.2 Å². The first kappa shape index (κ1) is 50.1. The van der Waals surface area contributed by atoms with Crippen molar-refractivity contribution >= 4 is 35.7 Å². The number of aliphatic hydroxyl groups excluding tert-OH is 4. The molecule has 0 aromatic heterocycles. The molecule has 2 amide bonds. The number of ether oxygens (including phenoxy) is 4. The highest BCUT2D eigenvalue weighted by molar-refractivity contribution is 5.98. The summed E-state index contributed by atoms with van der Waals surface area (Å²) in [7, 11) is 0. The molecule has 2 aliphatic carbocycles. The lowest BCUT2D eigenvalue weighted by Gasteiger charge is -2.49. The summed E-state index contributed by atoms with van der Waals surface area (Å²) in [6.07, 6.45) is 5.82. The van der Waals surface area contributed by atoms with E-state index in [0.29, 0.717) is 36.8 Å². The van der Waals surface area contributed by atoms with Crippen LogP contribution in [0.2, 0.25) is 0 Å². The minimum atomic E-state index is -1.13. The first-order valence-corrected chi connectivity index (χ1v) is 22.3. The summed E-state index contributed by atoms with van der Waals surface area (Å²) in [6.45, 7) is 15.5. The number of fused-ring (bicyclic) bond motifs is 2. The molecule has 0 aromatic carbocycles. The molecule has 3 saturated heterocycles. The van der Waals surface area contributed by atoms with Crippen molar-refractivity contribution in [2.75, 3.05) is 39.5 Å². The number of amides is 2. The Balaban J connectivity index is 1.55. The molecule has 0 radical (unpaired) electrons. The van der Waals surface area contributed by atoms with Crippen molar-refractivity contribution in [3.05, 3.63) is 70.9 Å². The molecule has 0 unspecified atom stereocenters. The van der Waals surface area contributed by atoms with E-state index < -0.39 is 121 Å². The van der Waals surface area contributed by atoms with E-state index in [1.165, 1.54) is 9.80 Å². The third-order valence-electron chi connectivity index (χ3n) is 13.1. The third-order valence-corrected chi connectivity index (χ3v) is 13.1. The van der Waals surface area contributed by atoms with E-state index >= 15 is 9.59 Å². The van der Waals surface area contributed by atoms with Gasteiger partial charge in [0, 0.05) is 25.9 Å². The highest BCUT2D eigenvalue weighted by atomic mass is 16.6. The SMILES string of the molecule is C=C(CO)C(=O)O[C@H]1C/C(C)=C/CC/C(CO)=C/[C@H]2OC(=O)[C@@H](CN3C(=O)[C@H](C(C)C)N(C[C@@H]4C(=O)O[C@@H]5/C=C(\CO)CC/C=C(\C)C[C@H](OC(=O)C(=C)CO)[C@@H]45)C(=O)[C@@H]3C(C)C)[C@H]12. The van der Waals surface area contributed by atoms with Gasteiger partial charge in [-0.25, -0.2) is 9.59 Å². The lowest BCUT2D eigenvalue weighted by Crippen LogP contribution is -2.69. The van der Waals surface area contributed by atoms with Gasteiger partial charge in [0.2, 0.25) is 11.8 Å². The van der Waals surface area contributed by atoms with Crippen LogP contribution in [0.5, 0.6) is 0 Å². The van der Waals surface area contributed by atoms with Crippen LogP contribution >= 0.6 is 0 Å². The predicted molar refractivity (Wildman–Crippen MR) is 232 cm³/mol. The van der Waals surface area contributed by atoms with Crippen molar-refractivity contribution < 1.29 is 68.1 Å². The Morgan fingerprint density at radius 2 is 1.03 bits per heavy atom. The average molecular weight is 895 g/mol. The molecule has 3 fully saturated rings. The van der Waals surface area contributed by atoms with Gasteiger partial charge in [-0.15, -0.1) is 0 Å². The Hall–Kier alpha value is -4.90. The van der Waals surface area contributed by atoms with Gasteiger partial charge in [0.15, 0.2) is 0 Å². The summed E-state index contributed by atoms with van der Waals surface area (Å²) in [6, 6.07) is -2.25. The number of hydrogen-bond acceptors (Lipinski definition) is 14. The van der Waals surface area contributed by atoms with Gasteiger partial charge in [0.25, 0.3) is 0 Å². The molecule has 4 N–H and O–H groups in total. The minimum absolute atomic E-state index is 0.193. The van der Waals surface area contributed by atoms with Crippen molar-refractivity contribution in [2.24, 2.45) is 35.5 Å². The van der Waals surface area contributed by atoms with Crippen molar-refractivity contribution in [1.29, 1.82) is 0 Å². The van der Waals surface area contributed by atoms with Crippen LogP contribution in [-0.2, 0) is 47.7 Å². The molecule has 5 rings (SSSR count). The van der Waals surface area contributed by atoms with E-state index in [1.54, 1.807) is 39.8 Å². The number of carbonyl (C=O) groups is 6. The smallest absolute Gasteiger partial charge is 0.336 e. The Morgan fingerprint density at radius 3 is 1.34 bits per heavy atom. The Morgan fingerprint density at radius 1 is 0.672 bits per heavy atom. The molecule has 3 heterocycles. The molecule has 0 bridgehead atoms. The topological polar surface area (TPSA) is 227 Å². The molecular weight excluding hydrogens is 829 g/mol. The average Bonchev–Trinajstić information content (AvgIpc) is 3.72. The van der Waals surface area contributed by atoms with Crippen LogP contribution in [0.1, 0.15) is 80.1 Å². The first-order valence-electron chi connectivity index (χ1n) is 22.3. The summed E-state index contributed by atoms with van der Waals surface area (Å²) < 4.78 is 23.9. The normalized spacial score (nSPS) is 33.6. The van der Waals surface area contributed by atoms with Crippen LogP contribution in [-0.4, -0.2) is 142 Å². The third kappa shape index (κ3) is 11.1. The van der Waals surface area contributed by atoms with Gasteiger partial charge in [-0.3, -0.25) is 19.2 Å². The molecule has 3 aliphatic heterocycles.